The Morgan fingerprint density at radius 3 is 2.80 bits per heavy atom. The predicted molar refractivity (Wildman–Crippen MR) is 79.0 cm³/mol. The van der Waals surface area contributed by atoms with Gasteiger partial charge >= 0.3 is 0 Å². The lowest BCUT2D eigenvalue weighted by Gasteiger charge is -2.07. The molecule has 0 radical (unpaired) electrons. The Balaban J connectivity index is 1.97. The lowest BCUT2D eigenvalue weighted by atomic mass is 10.1. The molecule has 0 saturated carbocycles. The molecule has 20 heavy (non-hydrogen) atoms. The average molecular weight is 271 g/mol. The van der Waals surface area contributed by atoms with Crippen molar-refractivity contribution >= 4 is 11.5 Å². The molecule has 5 nitrogen and oxygen atoms in total. The van der Waals surface area contributed by atoms with Crippen molar-refractivity contribution in [3.63, 3.8) is 0 Å². The van der Waals surface area contributed by atoms with Crippen LogP contribution in [0.15, 0.2) is 36.5 Å². The second-order valence-corrected chi connectivity index (χ2v) is 4.78. The smallest absolute Gasteiger partial charge is 0.277 e. The number of rotatable bonds is 5. The van der Waals surface area contributed by atoms with Crippen molar-refractivity contribution in [3.8, 4) is 0 Å². The van der Waals surface area contributed by atoms with Gasteiger partial charge in [-0.1, -0.05) is 29.8 Å². The van der Waals surface area contributed by atoms with E-state index in [0.717, 1.165) is 6.42 Å². The van der Waals surface area contributed by atoms with Crippen LogP contribution in [-0.2, 0) is 6.42 Å². The number of benzene rings is 1. The minimum Gasteiger partial charge on any atom is -0.370 e. The van der Waals surface area contributed by atoms with E-state index in [1.807, 2.05) is 6.07 Å². The van der Waals surface area contributed by atoms with Crippen molar-refractivity contribution in [1.29, 1.82) is 0 Å². The van der Waals surface area contributed by atoms with E-state index in [-0.39, 0.29) is 10.6 Å². The number of nitrogens with one attached hydrogen (secondary N) is 1. The Labute approximate surface area is 117 Å². The summed E-state index contributed by atoms with van der Waals surface area (Å²) in [5.74, 6) is 0.537. The third-order valence-corrected chi connectivity index (χ3v) is 3.07. The Morgan fingerprint density at radius 1 is 1.30 bits per heavy atom. The van der Waals surface area contributed by atoms with Crippen LogP contribution in [0.4, 0.5) is 11.5 Å². The quantitative estimate of drug-likeness (QED) is 0.669. The number of hydrogen-bond donors (Lipinski definition) is 1. The zero-order chi connectivity index (χ0) is 14.5. The zero-order valence-corrected chi connectivity index (χ0v) is 11.6. The summed E-state index contributed by atoms with van der Waals surface area (Å²) < 4.78 is 0. The van der Waals surface area contributed by atoms with Crippen molar-refractivity contribution < 1.29 is 4.92 Å². The molecule has 0 aliphatic heterocycles. The van der Waals surface area contributed by atoms with Crippen molar-refractivity contribution in [1.82, 2.24) is 4.98 Å². The average Bonchev–Trinajstić information content (AvgIpc) is 2.40. The van der Waals surface area contributed by atoms with Gasteiger partial charge in [-0.25, -0.2) is 4.98 Å². The van der Waals surface area contributed by atoms with Crippen molar-refractivity contribution in [2.24, 2.45) is 0 Å². The van der Waals surface area contributed by atoms with Crippen LogP contribution in [0.1, 0.15) is 16.7 Å². The van der Waals surface area contributed by atoms with Crippen LogP contribution in [0.25, 0.3) is 0 Å². The molecule has 1 N–H and O–H groups in total. The van der Waals surface area contributed by atoms with E-state index in [4.69, 9.17) is 0 Å². The molecule has 2 aromatic rings. The van der Waals surface area contributed by atoms with E-state index in [9.17, 15) is 10.1 Å². The van der Waals surface area contributed by atoms with Gasteiger partial charge in [-0.2, -0.15) is 0 Å². The highest BCUT2D eigenvalue weighted by atomic mass is 16.6. The summed E-state index contributed by atoms with van der Waals surface area (Å²) in [6, 6.07) is 9.76. The largest absolute Gasteiger partial charge is 0.370 e. The van der Waals surface area contributed by atoms with E-state index >= 15 is 0 Å². The second-order valence-electron chi connectivity index (χ2n) is 4.78. The van der Waals surface area contributed by atoms with Crippen LogP contribution in [0.3, 0.4) is 0 Å². The Kier molecular flexibility index (Phi) is 4.30. The highest BCUT2D eigenvalue weighted by Gasteiger charge is 2.11. The topological polar surface area (TPSA) is 68.1 Å². The number of pyridine rings is 1. The number of nitro groups is 1. The number of hydrogen-bond acceptors (Lipinski definition) is 4. The number of aromatic nitrogens is 1. The number of nitrogens with zero attached hydrogens (tertiary/aromatic N) is 2. The summed E-state index contributed by atoms with van der Waals surface area (Å²) >= 11 is 0. The number of aryl methyl sites for hydroxylation is 2. The van der Waals surface area contributed by atoms with Crippen molar-refractivity contribution in [2.75, 3.05) is 11.9 Å². The van der Waals surface area contributed by atoms with Crippen LogP contribution in [0, 0.1) is 24.0 Å². The van der Waals surface area contributed by atoms with Gasteiger partial charge in [0.15, 0.2) is 0 Å². The molecule has 0 unspecified atom stereocenters. The fraction of sp³-hybridized carbons (Fsp3) is 0.267. The molecule has 0 amide bonds. The molecule has 104 valence electrons. The summed E-state index contributed by atoms with van der Waals surface area (Å²) in [4.78, 5) is 14.6. The second kappa shape index (κ2) is 6.14. The predicted octanol–water partition coefficient (Wildman–Crippen LogP) is 3.26. The van der Waals surface area contributed by atoms with E-state index < -0.39 is 0 Å². The molecule has 0 spiro atoms. The van der Waals surface area contributed by atoms with Crippen LogP contribution in [0.2, 0.25) is 0 Å². The summed E-state index contributed by atoms with van der Waals surface area (Å²) in [7, 11) is 0. The lowest BCUT2D eigenvalue weighted by molar-refractivity contribution is -0.385. The fourth-order valence-corrected chi connectivity index (χ4v) is 2.01. The molecule has 5 heteroatoms. The van der Waals surface area contributed by atoms with E-state index in [2.05, 4.69) is 35.4 Å². The molecular weight excluding hydrogens is 254 g/mol. The Bertz CT molecular complexity index is 626. The van der Waals surface area contributed by atoms with Crippen LogP contribution in [-0.4, -0.2) is 16.5 Å². The first-order valence-corrected chi connectivity index (χ1v) is 6.47. The summed E-state index contributed by atoms with van der Waals surface area (Å²) in [5.41, 5.74) is 3.13. The lowest BCUT2D eigenvalue weighted by Crippen LogP contribution is -2.07. The molecule has 0 aliphatic carbocycles. The molecule has 0 fully saturated rings. The zero-order valence-electron chi connectivity index (χ0n) is 11.6. The molecule has 1 aromatic carbocycles. The van der Waals surface area contributed by atoms with Gasteiger partial charge in [0.25, 0.3) is 5.69 Å². The summed E-state index contributed by atoms with van der Waals surface area (Å²) in [5, 5.41) is 14.0. The van der Waals surface area contributed by atoms with Crippen molar-refractivity contribution in [2.45, 2.75) is 20.3 Å². The maximum absolute atomic E-state index is 10.9. The molecule has 0 saturated heterocycles. The Hall–Kier alpha value is -2.43. The van der Waals surface area contributed by atoms with Crippen LogP contribution < -0.4 is 5.32 Å². The maximum atomic E-state index is 10.9. The van der Waals surface area contributed by atoms with E-state index in [0.29, 0.717) is 17.9 Å². The molecular formula is C15H17N3O2. The summed E-state index contributed by atoms with van der Waals surface area (Å²) in [6.07, 6.45) is 2.37. The van der Waals surface area contributed by atoms with Gasteiger partial charge in [0.2, 0.25) is 0 Å². The molecule has 1 heterocycles. The minimum atomic E-state index is -0.386. The highest BCUT2D eigenvalue weighted by Crippen LogP contribution is 2.19. The Morgan fingerprint density at radius 2 is 2.10 bits per heavy atom. The highest BCUT2D eigenvalue weighted by molar-refractivity contribution is 5.48. The minimum absolute atomic E-state index is 0.0954. The fourth-order valence-electron chi connectivity index (χ4n) is 2.01. The molecule has 0 bridgehead atoms. The van der Waals surface area contributed by atoms with Crippen LogP contribution >= 0.6 is 0 Å². The first-order chi connectivity index (χ1) is 9.56. The maximum Gasteiger partial charge on any atom is 0.277 e. The third kappa shape index (κ3) is 3.54. The summed E-state index contributed by atoms with van der Waals surface area (Å²) in [6.45, 7) is 4.43. The first-order valence-electron chi connectivity index (χ1n) is 6.47. The van der Waals surface area contributed by atoms with Crippen molar-refractivity contribution in [3.05, 3.63) is 63.3 Å². The van der Waals surface area contributed by atoms with Gasteiger partial charge in [-0.05, 0) is 25.8 Å². The standard InChI is InChI=1S/C15H17N3O2/c1-11-4-3-5-13(8-11)6-7-16-15-9-14(18(19)20)12(2)10-17-15/h3-5,8-10H,6-7H2,1-2H3,(H,16,17). The van der Waals surface area contributed by atoms with Gasteiger partial charge in [0.1, 0.15) is 5.82 Å². The SMILES string of the molecule is Cc1cccc(CCNc2cc([N+](=O)[O-])c(C)cn2)c1. The van der Waals surface area contributed by atoms with Gasteiger partial charge in [0.05, 0.1) is 11.0 Å². The third-order valence-electron chi connectivity index (χ3n) is 3.07. The number of anilines is 1. The van der Waals surface area contributed by atoms with Gasteiger partial charge in [-0.15, -0.1) is 0 Å². The van der Waals surface area contributed by atoms with Crippen LogP contribution in [0.5, 0.6) is 0 Å². The molecule has 2 rings (SSSR count). The van der Waals surface area contributed by atoms with E-state index in [1.165, 1.54) is 23.4 Å². The molecule has 0 aliphatic rings. The molecule has 1 aromatic heterocycles. The van der Waals surface area contributed by atoms with E-state index in [1.54, 1.807) is 6.92 Å². The normalized spacial score (nSPS) is 10.3. The van der Waals surface area contributed by atoms with Gasteiger partial charge < -0.3 is 5.32 Å². The van der Waals surface area contributed by atoms with Gasteiger partial charge in [0, 0.05) is 18.3 Å². The monoisotopic (exact) mass is 271 g/mol. The van der Waals surface area contributed by atoms with Gasteiger partial charge in [-0.3, -0.25) is 10.1 Å². The molecule has 0 atom stereocenters. The first kappa shape index (κ1) is 14.0.